The van der Waals surface area contributed by atoms with Gasteiger partial charge >= 0.3 is 5.97 Å². The van der Waals surface area contributed by atoms with Crippen LogP contribution in [0.3, 0.4) is 0 Å². The van der Waals surface area contributed by atoms with Crippen molar-refractivity contribution < 1.29 is 14.0 Å². The van der Waals surface area contributed by atoms with Gasteiger partial charge in [-0.25, -0.2) is 0 Å². The minimum Gasteiger partial charge on any atom is -0.460 e. The molecule has 0 aliphatic rings. The van der Waals surface area contributed by atoms with E-state index in [1.807, 2.05) is 0 Å². The summed E-state index contributed by atoms with van der Waals surface area (Å²) in [5, 5.41) is 0. The Bertz CT molecular complexity index is 318. The molecule has 0 amide bonds. The Hall–Kier alpha value is -0.830. The second-order valence-corrected chi connectivity index (χ2v) is 7.86. The zero-order valence-electron chi connectivity index (χ0n) is 16.8. The summed E-state index contributed by atoms with van der Waals surface area (Å²) in [6.07, 6.45) is 19.0. The summed E-state index contributed by atoms with van der Waals surface area (Å²) < 4.78 is 6.10. The van der Waals surface area contributed by atoms with Gasteiger partial charge in [0.05, 0.1) is 21.1 Å². The predicted octanol–water partition coefficient (Wildman–Crippen LogP) is 5.49. The van der Waals surface area contributed by atoms with Crippen molar-refractivity contribution in [2.75, 3.05) is 34.3 Å². The maximum Gasteiger partial charge on any atom is 0.305 e. The molecule has 0 aromatic rings. The number of rotatable bonds is 16. The Labute approximate surface area is 151 Å². The lowest BCUT2D eigenvalue weighted by molar-refractivity contribution is -0.870. The van der Waals surface area contributed by atoms with Crippen LogP contribution in [0.5, 0.6) is 0 Å². The fourth-order valence-electron chi connectivity index (χ4n) is 2.49. The van der Waals surface area contributed by atoms with Crippen LogP contribution in [0, 0.1) is 0 Å². The van der Waals surface area contributed by atoms with E-state index in [4.69, 9.17) is 4.74 Å². The highest BCUT2D eigenvalue weighted by Crippen LogP contribution is 2.09. The summed E-state index contributed by atoms with van der Waals surface area (Å²) in [6, 6.07) is 0. The Morgan fingerprint density at radius 2 is 1.38 bits per heavy atom. The molecular formula is C21H42NO2+. The third-order valence-electron chi connectivity index (χ3n) is 4.17. The van der Waals surface area contributed by atoms with Crippen LogP contribution in [0.2, 0.25) is 0 Å². The van der Waals surface area contributed by atoms with Crippen molar-refractivity contribution in [1.29, 1.82) is 0 Å². The second-order valence-electron chi connectivity index (χ2n) is 7.86. The van der Waals surface area contributed by atoms with Crippen LogP contribution in [0.4, 0.5) is 0 Å². The zero-order chi connectivity index (χ0) is 18.1. The van der Waals surface area contributed by atoms with E-state index in [2.05, 4.69) is 40.2 Å². The van der Waals surface area contributed by atoms with Crippen molar-refractivity contribution in [3.05, 3.63) is 12.2 Å². The number of nitrogens with zero attached hydrogens (tertiary/aromatic N) is 1. The van der Waals surface area contributed by atoms with Gasteiger partial charge in [-0.3, -0.25) is 4.79 Å². The van der Waals surface area contributed by atoms with E-state index < -0.39 is 0 Å². The number of likely N-dealkylation sites (N-methyl/N-ethyl adjacent to an activating group) is 1. The van der Waals surface area contributed by atoms with Gasteiger partial charge in [-0.05, 0) is 32.1 Å². The Balaban J connectivity index is 3.27. The third kappa shape index (κ3) is 19.2. The maximum atomic E-state index is 11.6. The van der Waals surface area contributed by atoms with Gasteiger partial charge in [-0.15, -0.1) is 0 Å². The molecule has 0 saturated heterocycles. The molecule has 0 bridgehead atoms. The van der Waals surface area contributed by atoms with Crippen LogP contribution >= 0.6 is 0 Å². The molecule has 0 atom stereocenters. The van der Waals surface area contributed by atoms with Crippen molar-refractivity contribution >= 4 is 5.97 Å². The molecule has 24 heavy (non-hydrogen) atoms. The third-order valence-corrected chi connectivity index (χ3v) is 4.17. The van der Waals surface area contributed by atoms with Crippen molar-refractivity contribution in [2.24, 2.45) is 0 Å². The highest BCUT2D eigenvalue weighted by atomic mass is 16.5. The molecule has 0 rings (SSSR count). The summed E-state index contributed by atoms with van der Waals surface area (Å²) in [6.45, 7) is 3.66. The van der Waals surface area contributed by atoms with Crippen LogP contribution < -0.4 is 0 Å². The largest absolute Gasteiger partial charge is 0.460 e. The van der Waals surface area contributed by atoms with Gasteiger partial charge < -0.3 is 9.22 Å². The van der Waals surface area contributed by atoms with Gasteiger partial charge in [-0.1, -0.05) is 57.6 Å². The Morgan fingerprint density at radius 3 is 1.96 bits per heavy atom. The number of quaternary nitrogens is 1. The predicted molar refractivity (Wildman–Crippen MR) is 104 cm³/mol. The van der Waals surface area contributed by atoms with Gasteiger partial charge in [0.2, 0.25) is 0 Å². The minimum absolute atomic E-state index is 0.0329. The molecular weight excluding hydrogens is 298 g/mol. The van der Waals surface area contributed by atoms with Gasteiger partial charge in [0.15, 0.2) is 0 Å². The molecule has 0 fully saturated rings. The standard InChI is InChI=1S/C21H42NO2/c1-5-6-7-8-9-10-11-12-13-14-15-16-17-18-21(23)24-20-19-22(2,3)4/h10-11H,5-9,12-20H2,1-4H3/q+1/b11-10-. The van der Waals surface area contributed by atoms with E-state index in [0.29, 0.717) is 13.0 Å². The molecule has 142 valence electrons. The summed E-state index contributed by atoms with van der Waals surface area (Å²) in [5.41, 5.74) is 0. The SMILES string of the molecule is CCCCCC/C=C\CCCCCCCC(=O)OCC[N+](C)(C)C. The first kappa shape index (κ1) is 23.2. The number of allylic oxidation sites excluding steroid dienone is 2. The quantitative estimate of drug-likeness (QED) is 0.161. The normalized spacial score (nSPS) is 12.0. The van der Waals surface area contributed by atoms with Crippen LogP contribution in [0.25, 0.3) is 0 Å². The lowest BCUT2D eigenvalue weighted by atomic mass is 10.1. The fourth-order valence-corrected chi connectivity index (χ4v) is 2.49. The highest BCUT2D eigenvalue weighted by Gasteiger charge is 2.08. The second kappa shape index (κ2) is 15.7. The van der Waals surface area contributed by atoms with Crippen molar-refractivity contribution in [3.8, 4) is 0 Å². The van der Waals surface area contributed by atoms with E-state index in [9.17, 15) is 4.79 Å². The smallest absolute Gasteiger partial charge is 0.305 e. The molecule has 3 heteroatoms. The molecule has 0 saturated carbocycles. The van der Waals surface area contributed by atoms with E-state index >= 15 is 0 Å². The average Bonchev–Trinajstić information content (AvgIpc) is 2.50. The molecule has 0 aliphatic heterocycles. The first-order valence-corrected chi connectivity index (χ1v) is 10.1. The monoisotopic (exact) mass is 340 g/mol. The van der Waals surface area contributed by atoms with Crippen molar-refractivity contribution in [2.45, 2.75) is 84.0 Å². The number of esters is 1. The molecule has 0 aromatic carbocycles. The molecule has 0 aliphatic carbocycles. The average molecular weight is 341 g/mol. The van der Waals surface area contributed by atoms with Crippen LogP contribution in [0.1, 0.15) is 84.0 Å². The molecule has 0 N–H and O–H groups in total. The fraction of sp³-hybridized carbons (Fsp3) is 0.857. The minimum atomic E-state index is -0.0329. The summed E-state index contributed by atoms with van der Waals surface area (Å²) in [5.74, 6) is -0.0329. The van der Waals surface area contributed by atoms with Crippen molar-refractivity contribution in [1.82, 2.24) is 0 Å². The lowest BCUT2D eigenvalue weighted by Gasteiger charge is -2.23. The maximum absolute atomic E-state index is 11.6. The summed E-state index contributed by atoms with van der Waals surface area (Å²) >= 11 is 0. The lowest BCUT2D eigenvalue weighted by Crippen LogP contribution is -2.37. The van der Waals surface area contributed by atoms with E-state index in [-0.39, 0.29) is 5.97 Å². The van der Waals surface area contributed by atoms with Gasteiger partial charge in [-0.2, -0.15) is 0 Å². The Kier molecular flexibility index (Phi) is 15.1. The number of ether oxygens (including phenoxy) is 1. The number of unbranched alkanes of at least 4 members (excludes halogenated alkanes) is 9. The topological polar surface area (TPSA) is 26.3 Å². The van der Waals surface area contributed by atoms with Crippen molar-refractivity contribution in [3.63, 3.8) is 0 Å². The number of hydrogen-bond donors (Lipinski definition) is 0. The molecule has 3 nitrogen and oxygen atoms in total. The molecule has 0 aromatic heterocycles. The molecule has 0 spiro atoms. The van der Waals surface area contributed by atoms with E-state index in [1.54, 1.807) is 0 Å². The van der Waals surface area contributed by atoms with E-state index in [0.717, 1.165) is 23.9 Å². The van der Waals surface area contributed by atoms with Gasteiger partial charge in [0.25, 0.3) is 0 Å². The van der Waals surface area contributed by atoms with Crippen LogP contribution in [-0.2, 0) is 9.53 Å². The number of carbonyl (C=O) groups is 1. The summed E-state index contributed by atoms with van der Waals surface area (Å²) in [7, 11) is 6.32. The van der Waals surface area contributed by atoms with Gasteiger partial charge in [0, 0.05) is 6.42 Å². The summed E-state index contributed by atoms with van der Waals surface area (Å²) in [4.78, 5) is 11.6. The zero-order valence-corrected chi connectivity index (χ0v) is 16.8. The number of carbonyl (C=O) groups excluding carboxylic acids is 1. The highest BCUT2D eigenvalue weighted by molar-refractivity contribution is 5.69. The molecule has 0 heterocycles. The number of hydrogen-bond acceptors (Lipinski definition) is 2. The van der Waals surface area contributed by atoms with Crippen LogP contribution in [0.15, 0.2) is 12.2 Å². The molecule has 0 unspecified atom stereocenters. The molecule has 0 radical (unpaired) electrons. The van der Waals surface area contributed by atoms with Gasteiger partial charge in [0.1, 0.15) is 13.2 Å². The first-order valence-electron chi connectivity index (χ1n) is 10.1. The Morgan fingerprint density at radius 1 is 0.833 bits per heavy atom. The van der Waals surface area contributed by atoms with E-state index in [1.165, 1.54) is 57.8 Å². The van der Waals surface area contributed by atoms with Crippen LogP contribution in [-0.4, -0.2) is 44.7 Å². The first-order chi connectivity index (χ1) is 11.5.